The number of hydrogen-bond acceptors (Lipinski definition) is 3. The minimum atomic E-state index is 1.26. The van der Waals surface area contributed by atoms with Gasteiger partial charge in [-0.2, -0.15) is 10.7 Å². The summed E-state index contributed by atoms with van der Waals surface area (Å²) in [5.74, 6) is 0. The largest absolute Gasteiger partial charge is 0.274 e. The van der Waals surface area contributed by atoms with Crippen LogP contribution in [-0.4, -0.2) is 10.3 Å². The summed E-state index contributed by atoms with van der Waals surface area (Å²) in [6, 6.07) is 0. The maximum Gasteiger partial charge on any atom is 0.0920 e. The molecule has 0 bridgehead atoms. The Kier molecular flexibility index (Phi) is 3.84. The summed E-state index contributed by atoms with van der Waals surface area (Å²) in [6.45, 7) is 0. The van der Waals surface area contributed by atoms with Crippen LogP contribution in [0.25, 0.3) is 0 Å². The molecule has 4 heteroatoms. The summed E-state index contributed by atoms with van der Waals surface area (Å²) in [4.78, 5) is 0. The van der Waals surface area contributed by atoms with Gasteiger partial charge in [-0.25, -0.2) is 0 Å². The van der Waals surface area contributed by atoms with Crippen molar-refractivity contribution in [3.05, 3.63) is 0 Å². The van der Waals surface area contributed by atoms with Crippen LogP contribution < -0.4 is 5.59 Å². The van der Waals surface area contributed by atoms with Crippen LogP contribution in [0.3, 0.4) is 0 Å². The standard InChI is InChI=1S/CH3BrN2O/c2-1-3-4-5/h1,4-5H. The quantitative estimate of drug-likeness (QED) is 0.405. The first-order chi connectivity index (χ1) is 2.41. The molecule has 0 atom stereocenters. The molecule has 0 spiro atoms. The zero-order valence-corrected chi connectivity index (χ0v) is 3.94. The maximum atomic E-state index is 7.59. The third-order valence-corrected chi connectivity index (χ3v) is 0.311. The first-order valence-corrected chi connectivity index (χ1v) is 1.84. The third-order valence-electron chi connectivity index (χ3n) is 0.107. The van der Waals surface area contributed by atoms with Gasteiger partial charge in [0.2, 0.25) is 0 Å². The van der Waals surface area contributed by atoms with Crippen molar-refractivity contribution < 1.29 is 5.21 Å². The summed E-state index contributed by atoms with van der Waals surface area (Å²) in [7, 11) is 0. The second-order valence-corrected chi connectivity index (χ2v) is 0.736. The summed E-state index contributed by atoms with van der Waals surface area (Å²) in [5.41, 5.74) is 1.54. The molecule has 0 saturated heterocycles. The Bertz CT molecular complexity index is 36.6. The molecule has 2 N–H and O–H groups in total. The van der Waals surface area contributed by atoms with Crippen molar-refractivity contribution in [3.8, 4) is 0 Å². The Balaban J connectivity index is 2.62. The van der Waals surface area contributed by atoms with Gasteiger partial charge in [-0.05, 0) is 15.9 Å². The molecule has 0 aromatic rings. The lowest BCUT2D eigenvalue weighted by atomic mass is 11.7. The number of rotatable bonds is 1. The average molecular weight is 139 g/mol. The summed E-state index contributed by atoms with van der Waals surface area (Å²) in [6.07, 6.45) is 0. The van der Waals surface area contributed by atoms with Crippen molar-refractivity contribution in [2.24, 2.45) is 5.10 Å². The number of hydrazone groups is 1. The molecule has 0 aromatic heterocycles. The number of halogens is 1. The van der Waals surface area contributed by atoms with E-state index in [1.807, 2.05) is 0 Å². The molecular weight excluding hydrogens is 136 g/mol. The van der Waals surface area contributed by atoms with E-state index >= 15 is 0 Å². The Labute approximate surface area is 37.8 Å². The topological polar surface area (TPSA) is 44.6 Å². The zero-order valence-electron chi connectivity index (χ0n) is 2.35. The minimum Gasteiger partial charge on any atom is -0.274 e. The van der Waals surface area contributed by atoms with Crippen LogP contribution in [0, 0.1) is 0 Å². The Morgan fingerprint density at radius 1 is 2.00 bits per heavy atom. The molecule has 0 rings (SSSR count). The van der Waals surface area contributed by atoms with Crippen molar-refractivity contribution >= 4 is 21.1 Å². The zero-order chi connectivity index (χ0) is 4.12. The molecule has 30 valence electrons. The Morgan fingerprint density at radius 2 is 2.60 bits per heavy atom. The summed E-state index contributed by atoms with van der Waals surface area (Å²) >= 11 is 2.80. The molecule has 5 heavy (non-hydrogen) atoms. The fourth-order valence-electron chi connectivity index (χ4n) is 0.0218. The van der Waals surface area contributed by atoms with Crippen LogP contribution in [0.1, 0.15) is 0 Å². The highest BCUT2D eigenvalue weighted by atomic mass is 79.9. The van der Waals surface area contributed by atoms with Crippen LogP contribution in [-0.2, 0) is 0 Å². The number of nitrogens with one attached hydrogen (secondary N) is 1. The monoisotopic (exact) mass is 138 g/mol. The van der Waals surface area contributed by atoms with Gasteiger partial charge in [0.1, 0.15) is 0 Å². The van der Waals surface area contributed by atoms with E-state index in [-0.39, 0.29) is 0 Å². The van der Waals surface area contributed by atoms with E-state index in [2.05, 4.69) is 21.0 Å². The van der Waals surface area contributed by atoms with E-state index in [0.717, 1.165) is 0 Å². The van der Waals surface area contributed by atoms with Crippen molar-refractivity contribution in [3.63, 3.8) is 0 Å². The van der Waals surface area contributed by atoms with Gasteiger partial charge >= 0.3 is 0 Å². The normalized spacial score (nSPS) is 9.20. The number of hydrogen-bond donors (Lipinski definition) is 2. The summed E-state index contributed by atoms with van der Waals surface area (Å²) in [5, 5.41) is 11.9. The molecule has 0 unspecified atom stereocenters. The van der Waals surface area contributed by atoms with Crippen molar-refractivity contribution in [2.45, 2.75) is 0 Å². The number of nitrogens with zero attached hydrogens (tertiary/aromatic N) is 1. The SMILES string of the molecule is ONN=CBr. The molecule has 0 aliphatic carbocycles. The van der Waals surface area contributed by atoms with Crippen LogP contribution in [0.4, 0.5) is 0 Å². The minimum absolute atomic E-state index is 1.26. The van der Waals surface area contributed by atoms with Crippen molar-refractivity contribution in [2.75, 3.05) is 0 Å². The molecule has 0 fully saturated rings. The molecule has 0 radical (unpaired) electrons. The molecule has 0 aliphatic heterocycles. The molecule has 0 aliphatic rings. The lowest BCUT2D eigenvalue weighted by Gasteiger charge is -1.73. The molecule has 0 saturated carbocycles. The highest BCUT2D eigenvalue weighted by molar-refractivity contribution is 9.17. The smallest absolute Gasteiger partial charge is 0.0920 e. The molecular formula is CH3BrN2O. The molecule has 0 aromatic carbocycles. The van der Waals surface area contributed by atoms with Gasteiger partial charge < -0.3 is 0 Å². The van der Waals surface area contributed by atoms with Crippen LogP contribution in [0.5, 0.6) is 0 Å². The summed E-state index contributed by atoms with van der Waals surface area (Å²) < 4.78 is 0. The maximum absolute atomic E-state index is 7.59. The first kappa shape index (κ1) is 4.91. The van der Waals surface area contributed by atoms with Crippen LogP contribution >= 0.6 is 15.9 Å². The second kappa shape index (κ2) is 3.91. The van der Waals surface area contributed by atoms with E-state index in [9.17, 15) is 0 Å². The van der Waals surface area contributed by atoms with E-state index in [1.54, 1.807) is 0 Å². The van der Waals surface area contributed by atoms with Crippen molar-refractivity contribution in [1.29, 1.82) is 0 Å². The molecule has 0 amide bonds. The van der Waals surface area contributed by atoms with Gasteiger partial charge in [-0.15, -0.1) is 0 Å². The average Bonchev–Trinajstić information content (AvgIpc) is 1.41. The Hall–Kier alpha value is -0.0900. The highest BCUT2D eigenvalue weighted by Crippen LogP contribution is 1.61. The lowest BCUT2D eigenvalue weighted by molar-refractivity contribution is 0.173. The van der Waals surface area contributed by atoms with E-state index in [0.29, 0.717) is 0 Å². The van der Waals surface area contributed by atoms with Crippen LogP contribution in [0.15, 0.2) is 5.10 Å². The van der Waals surface area contributed by atoms with Gasteiger partial charge in [-0.1, -0.05) is 0 Å². The third kappa shape index (κ3) is 3.91. The van der Waals surface area contributed by atoms with E-state index in [4.69, 9.17) is 5.21 Å². The van der Waals surface area contributed by atoms with Gasteiger partial charge in [-0.3, -0.25) is 5.21 Å². The van der Waals surface area contributed by atoms with Gasteiger partial charge in [0, 0.05) is 0 Å². The van der Waals surface area contributed by atoms with Crippen LogP contribution in [0.2, 0.25) is 0 Å². The molecule has 3 nitrogen and oxygen atoms in total. The van der Waals surface area contributed by atoms with Gasteiger partial charge in [0.25, 0.3) is 0 Å². The van der Waals surface area contributed by atoms with Crippen molar-refractivity contribution in [1.82, 2.24) is 5.59 Å². The first-order valence-electron chi connectivity index (χ1n) is 0.924. The van der Waals surface area contributed by atoms with E-state index < -0.39 is 0 Å². The van der Waals surface area contributed by atoms with Gasteiger partial charge in [0.15, 0.2) is 0 Å². The Morgan fingerprint density at radius 3 is 2.60 bits per heavy atom. The fraction of sp³-hybridized carbons (Fsp3) is 0. The predicted molar refractivity (Wildman–Crippen MR) is 22.3 cm³/mol. The molecule has 0 heterocycles. The van der Waals surface area contributed by atoms with Gasteiger partial charge in [0.05, 0.1) is 5.12 Å². The lowest BCUT2D eigenvalue weighted by Crippen LogP contribution is -1.91. The second-order valence-electron chi connectivity index (χ2n) is 0.327. The van der Waals surface area contributed by atoms with E-state index in [1.165, 1.54) is 10.7 Å². The highest BCUT2D eigenvalue weighted by Gasteiger charge is 1.47. The predicted octanol–water partition coefficient (Wildman–Crippen LogP) is 0.303. The fourth-order valence-corrected chi connectivity index (χ4v) is 0.113.